The van der Waals surface area contributed by atoms with E-state index >= 15 is 0 Å². The summed E-state index contributed by atoms with van der Waals surface area (Å²) in [4.78, 5) is 23.0. The van der Waals surface area contributed by atoms with Crippen LogP contribution in [0.4, 0.5) is 0 Å². The molecule has 3 N–H and O–H groups in total. The summed E-state index contributed by atoms with van der Waals surface area (Å²) in [6.07, 6.45) is 1.84. The molecule has 104 valence electrons. The van der Waals surface area contributed by atoms with E-state index in [2.05, 4.69) is 0 Å². The highest BCUT2D eigenvalue weighted by Crippen LogP contribution is 2.44. The van der Waals surface area contributed by atoms with Gasteiger partial charge in [0.05, 0.1) is 6.42 Å². The molecule has 5 heteroatoms. The van der Waals surface area contributed by atoms with Crippen molar-refractivity contribution in [2.75, 3.05) is 0 Å². The molecule has 1 aliphatic rings. The molecule has 0 saturated heterocycles. The highest BCUT2D eigenvalue weighted by molar-refractivity contribution is 5.81. The predicted molar refractivity (Wildman–Crippen MR) is 66.6 cm³/mol. The van der Waals surface area contributed by atoms with E-state index in [9.17, 15) is 14.7 Å². The highest BCUT2D eigenvalue weighted by Gasteiger charge is 2.45. The summed E-state index contributed by atoms with van der Waals surface area (Å²) in [5.41, 5.74) is 3.87. The lowest BCUT2D eigenvalue weighted by atomic mass is 9.77. The molecule has 1 aliphatic carbocycles. The van der Waals surface area contributed by atoms with E-state index in [4.69, 9.17) is 10.5 Å². The average molecular weight is 257 g/mol. The minimum absolute atomic E-state index is 0.0500. The first-order valence-electron chi connectivity index (χ1n) is 6.35. The third-order valence-electron chi connectivity index (χ3n) is 3.37. The largest absolute Gasteiger partial charge is 0.460 e. The van der Waals surface area contributed by atoms with E-state index in [1.54, 1.807) is 20.8 Å². The first-order valence-corrected chi connectivity index (χ1v) is 6.35. The van der Waals surface area contributed by atoms with Gasteiger partial charge in [-0.15, -0.1) is 0 Å². The van der Waals surface area contributed by atoms with Crippen molar-refractivity contribution in [3.63, 3.8) is 0 Å². The molecule has 1 atom stereocenters. The van der Waals surface area contributed by atoms with Crippen molar-refractivity contribution in [1.82, 2.24) is 0 Å². The Bertz CT molecular complexity index is 326. The van der Waals surface area contributed by atoms with Crippen LogP contribution in [0.5, 0.6) is 0 Å². The lowest BCUT2D eigenvalue weighted by Gasteiger charge is -2.32. The van der Waals surface area contributed by atoms with Gasteiger partial charge in [-0.2, -0.15) is 0 Å². The minimum Gasteiger partial charge on any atom is -0.460 e. The van der Waals surface area contributed by atoms with Crippen molar-refractivity contribution in [3.8, 4) is 0 Å². The molecule has 1 amide bonds. The number of primary amides is 1. The number of carbonyl (C=O) groups excluding carboxylic acids is 2. The maximum Gasteiger partial charge on any atom is 0.306 e. The van der Waals surface area contributed by atoms with E-state index in [1.165, 1.54) is 0 Å². The third kappa shape index (κ3) is 3.70. The summed E-state index contributed by atoms with van der Waals surface area (Å²) in [7, 11) is 0. The van der Waals surface area contributed by atoms with Gasteiger partial charge in [0.15, 0.2) is 0 Å². The van der Waals surface area contributed by atoms with Crippen molar-refractivity contribution in [1.29, 1.82) is 0 Å². The summed E-state index contributed by atoms with van der Waals surface area (Å²) in [5, 5.41) is 9.94. The number of esters is 1. The number of amides is 1. The Labute approximate surface area is 108 Å². The number of rotatable bonds is 4. The van der Waals surface area contributed by atoms with Crippen molar-refractivity contribution < 1.29 is 19.4 Å². The van der Waals surface area contributed by atoms with Gasteiger partial charge < -0.3 is 15.6 Å². The van der Waals surface area contributed by atoms with E-state index < -0.39 is 23.0 Å². The smallest absolute Gasteiger partial charge is 0.306 e. The van der Waals surface area contributed by atoms with Crippen molar-refractivity contribution in [2.45, 2.75) is 64.6 Å². The van der Waals surface area contributed by atoms with E-state index in [1.807, 2.05) is 0 Å². The van der Waals surface area contributed by atoms with Gasteiger partial charge in [0, 0.05) is 5.41 Å². The molecule has 0 heterocycles. The molecular weight excluding hydrogens is 234 g/mol. The molecule has 0 bridgehead atoms. The second kappa shape index (κ2) is 5.26. The summed E-state index contributed by atoms with van der Waals surface area (Å²) in [6.45, 7) is 5.37. The van der Waals surface area contributed by atoms with E-state index in [-0.39, 0.29) is 12.4 Å². The predicted octanol–water partition coefficient (Wildman–Crippen LogP) is 1.12. The number of nitrogens with two attached hydrogens (primary N) is 1. The summed E-state index contributed by atoms with van der Waals surface area (Å²) >= 11 is 0. The Morgan fingerprint density at radius 3 is 2.22 bits per heavy atom. The third-order valence-corrected chi connectivity index (χ3v) is 3.37. The second-order valence-corrected chi connectivity index (χ2v) is 6.14. The van der Waals surface area contributed by atoms with Gasteiger partial charge in [-0.25, -0.2) is 0 Å². The number of aliphatic hydroxyl groups is 1. The average Bonchev–Trinajstić information content (AvgIpc) is 2.62. The maximum absolute atomic E-state index is 11.9. The van der Waals surface area contributed by atoms with Crippen LogP contribution in [0.3, 0.4) is 0 Å². The first kappa shape index (κ1) is 15.0. The van der Waals surface area contributed by atoms with Crippen LogP contribution in [0.25, 0.3) is 0 Å². The number of carbonyl (C=O) groups is 2. The summed E-state index contributed by atoms with van der Waals surface area (Å²) < 4.78 is 5.25. The van der Waals surface area contributed by atoms with Crippen LogP contribution in [0.1, 0.15) is 52.9 Å². The maximum atomic E-state index is 11.9. The Hall–Kier alpha value is -1.10. The van der Waals surface area contributed by atoms with Gasteiger partial charge in [0.1, 0.15) is 11.7 Å². The molecule has 0 aliphatic heterocycles. The zero-order valence-corrected chi connectivity index (χ0v) is 11.4. The van der Waals surface area contributed by atoms with Gasteiger partial charge in [0.25, 0.3) is 0 Å². The standard InChI is InChI=1S/C13H23NO4/c1-12(2,3)18-9(15)8-13(6-4-5-7-13)10(16)11(14)17/h10,16H,4-8H2,1-3H3,(H2,14,17). The molecule has 1 unspecified atom stereocenters. The lowest BCUT2D eigenvalue weighted by molar-refractivity contribution is -0.160. The monoisotopic (exact) mass is 257 g/mol. The van der Waals surface area contributed by atoms with Crippen LogP contribution in [-0.2, 0) is 14.3 Å². The van der Waals surface area contributed by atoms with E-state index in [0.717, 1.165) is 12.8 Å². The van der Waals surface area contributed by atoms with Crippen LogP contribution in [0.2, 0.25) is 0 Å². The molecule has 5 nitrogen and oxygen atoms in total. The fourth-order valence-electron chi connectivity index (χ4n) is 2.59. The second-order valence-electron chi connectivity index (χ2n) is 6.14. The van der Waals surface area contributed by atoms with Gasteiger partial charge in [0.2, 0.25) is 5.91 Å². The molecule has 1 fully saturated rings. The van der Waals surface area contributed by atoms with Crippen molar-refractivity contribution in [2.24, 2.45) is 11.1 Å². The number of hydrogen-bond donors (Lipinski definition) is 2. The van der Waals surface area contributed by atoms with Crippen LogP contribution >= 0.6 is 0 Å². The van der Waals surface area contributed by atoms with Gasteiger partial charge >= 0.3 is 5.97 Å². The normalized spacial score (nSPS) is 20.4. The van der Waals surface area contributed by atoms with E-state index in [0.29, 0.717) is 12.8 Å². The lowest BCUT2D eigenvalue weighted by Crippen LogP contribution is -2.44. The van der Waals surface area contributed by atoms with Gasteiger partial charge in [-0.05, 0) is 33.6 Å². The molecule has 0 aromatic heterocycles. The van der Waals surface area contributed by atoms with Gasteiger partial charge in [-0.3, -0.25) is 9.59 Å². The van der Waals surface area contributed by atoms with Crippen molar-refractivity contribution >= 4 is 11.9 Å². The first-order chi connectivity index (χ1) is 8.16. The molecular formula is C13H23NO4. The summed E-state index contributed by atoms with van der Waals surface area (Å²) in [5.74, 6) is -1.15. The zero-order valence-electron chi connectivity index (χ0n) is 11.4. The zero-order chi connectivity index (χ0) is 14.0. The minimum atomic E-state index is -1.27. The Kier molecular flexibility index (Phi) is 4.37. The highest BCUT2D eigenvalue weighted by atomic mass is 16.6. The quantitative estimate of drug-likeness (QED) is 0.739. The van der Waals surface area contributed by atoms with Crippen LogP contribution < -0.4 is 5.73 Å². The molecule has 0 spiro atoms. The SMILES string of the molecule is CC(C)(C)OC(=O)CC1(C(O)C(N)=O)CCCC1. The van der Waals surface area contributed by atoms with Crippen LogP contribution in [0, 0.1) is 5.41 Å². The summed E-state index contributed by atoms with van der Waals surface area (Å²) in [6, 6.07) is 0. The fraction of sp³-hybridized carbons (Fsp3) is 0.846. The van der Waals surface area contributed by atoms with Crippen LogP contribution in [0.15, 0.2) is 0 Å². The number of aliphatic hydroxyl groups excluding tert-OH is 1. The Balaban J connectivity index is 2.75. The molecule has 1 saturated carbocycles. The van der Waals surface area contributed by atoms with Crippen molar-refractivity contribution in [3.05, 3.63) is 0 Å². The molecule has 1 rings (SSSR count). The molecule has 0 aromatic rings. The van der Waals surface area contributed by atoms with Crippen LogP contribution in [-0.4, -0.2) is 28.7 Å². The molecule has 18 heavy (non-hydrogen) atoms. The Morgan fingerprint density at radius 2 is 1.83 bits per heavy atom. The van der Waals surface area contributed by atoms with Gasteiger partial charge in [-0.1, -0.05) is 12.8 Å². The number of ether oxygens (including phenoxy) is 1. The topological polar surface area (TPSA) is 89.6 Å². The molecule has 0 aromatic carbocycles. The Morgan fingerprint density at radius 1 is 1.33 bits per heavy atom. The molecule has 0 radical (unpaired) electrons. The number of hydrogen-bond acceptors (Lipinski definition) is 4. The fourth-order valence-corrected chi connectivity index (χ4v) is 2.59.